The molecular weight excluding hydrogens is 856 g/mol. The lowest BCUT2D eigenvalue weighted by atomic mass is 10.0. The molecule has 1 N–H and O–H groups in total. The number of carbonyl (C=O) groups is 2. The highest BCUT2D eigenvalue weighted by Crippen LogP contribution is 2.38. The van der Waals surface area contributed by atoms with Gasteiger partial charge in [-0.2, -0.15) is 0 Å². The number of carbonyl (C=O) groups excluding carboxylic acids is 2. The Morgan fingerprint density at radius 2 is 0.955 bits per heavy atom. The van der Waals surface area contributed by atoms with E-state index in [2.05, 4.69) is 80.8 Å². The number of ether oxygens (including phenoxy) is 1. The van der Waals surface area contributed by atoms with E-state index in [1.54, 1.807) is 0 Å². The van der Waals surface area contributed by atoms with Crippen LogP contribution < -0.4 is 10.2 Å². The second kappa shape index (κ2) is 47.1. The summed E-state index contributed by atoms with van der Waals surface area (Å²) in [5, 5.41) is 3.00. The van der Waals surface area contributed by atoms with E-state index in [1.165, 1.54) is 77.0 Å². The molecule has 10 heteroatoms. The second-order valence-electron chi connectivity index (χ2n) is 19.4. The van der Waals surface area contributed by atoms with Gasteiger partial charge in [0.25, 0.3) is 7.82 Å². The summed E-state index contributed by atoms with van der Waals surface area (Å²) < 4.78 is 30.2. The van der Waals surface area contributed by atoms with Crippen molar-refractivity contribution in [3.63, 3.8) is 0 Å². The molecule has 0 fully saturated rings. The number of rotatable bonds is 48. The summed E-state index contributed by atoms with van der Waals surface area (Å²) in [4.78, 5) is 39.7. The van der Waals surface area contributed by atoms with Gasteiger partial charge in [-0.3, -0.25) is 14.2 Å². The predicted molar refractivity (Wildman–Crippen MR) is 284 cm³/mol. The molecule has 0 heterocycles. The van der Waals surface area contributed by atoms with E-state index in [1.807, 2.05) is 39.4 Å². The van der Waals surface area contributed by atoms with Gasteiger partial charge >= 0.3 is 5.97 Å². The third kappa shape index (κ3) is 48.3. The molecule has 0 aromatic rings. The van der Waals surface area contributed by atoms with Gasteiger partial charge in [0.15, 0.2) is 0 Å². The Bertz CT molecular complexity index is 1380. The molecular formula is C57H103N2O7P. The van der Waals surface area contributed by atoms with Crippen LogP contribution in [0.3, 0.4) is 0 Å². The molecule has 0 saturated carbocycles. The second-order valence-corrected chi connectivity index (χ2v) is 20.8. The first-order valence-corrected chi connectivity index (χ1v) is 28.8. The van der Waals surface area contributed by atoms with E-state index in [4.69, 9.17) is 13.8 Å². The Hall–Kier alpha value is -2.55. The number of allylic oxidation sites excluding steroid dienone is 11. The molecule has 3 atom stereocenters. The molecule has 388 valence electrons. The Kier molecular flexibility index (Phi) is 45.3. The lowest BCUT2D eigenvalue weighted by Gasteiger charge is -2.30. The van der Waals surface area contributed by atoms with Crippen LogP contribution >= 0.6 is 7.82 Å². The number of unbranched alkanes of at least 4 members (excludes halogenated alkanes) is 25. The number of hydrogen-bond acceptors (Lipinski definition) is 7. The van der Waals surface area contributed by atoms with Crippen molar-refractivity contribution in [1.82, 2.24) is 5.32 Å². The van der Waals surface area contributed by atoms with E-state index in [0.717, 1.165) is 103 Å². The van der Waals surface area contributed by atoms with Crippen LogP contribution in [-0.4, -0.2) is 69.4 Å². The van der Waals surface area contributed by atoms with Crippen molar-refractivity contribution in [3.05, 3.63) is 72.9 Å². The summed E-state index contributed by atoms with van der Waals surface area (Å²) in [5.74, 6) is -0.582. The van der Waals surface area contributed by atoms with Crippen molar-refractivity contribution in [2.24, 2.45) is 0 Å². The molecule has 0 aliphatic carbocycles. The molecule has 0 rings (SSSR count). The molecule has 0 aliphatic heterocycles. The Morgan fingerprint density at radius 1 is 0.537 bits per heavy atom. The summed E-state index contributed by atoms with van der Waals surface area (Å²) in [6.07, 6.45) is 58.6. The summed E-state index contributed by atoms with van der Waals surface area (Å²) in [6, 6.07) is -0.904. The number of hydrogen-bond donors (Lipinski definition) is 1. The minimum atomic E-state index is -4.70. The van der Waals surface area contributed by atoms with Crippen LogP contribution in [0.1, 0.15) is 226 Å². The topological polar surface area (TPSA) is 114 Å². The molecule has 67 heavy (non-hydrogen) atoms. The number of amides is 1. The van der Waals surface area contributed by atoms with Gasteiger partial charge in [0, 0.05) is 12.8 Å². The molecule has 0 aromatic heterocycles. The molecule has 1 amide bonds. The van der Waals surface area contributed by atoms with E-state index < -0.39 is 26.6 Å². The zero-order valence-electron chi connectivity index (χ0n) is 44.1. The Morgan fingerprint density at radius 3 is 1.46 bits per heavy atom. The van der Waals surface area contributed by atoms with Crippen LogP contribution in [0.25, 0.3) is 0 Å². The highest BCUT2D eigenvalue weighted by Gasteiger charge is 2.27. The number of phosphoric acid groups is 1. The largest absolute Gasteiger partial charge is 0.756 e. The maximum absolute atomic E-state index is 13.4. The van der Waals surface area contributed by atoms with Gasteiger partial charge in [-0.1, -0.05) is 210 Å². The molecule has 0 aliphatic rings. The van der Waals surface area contributed by atoms with Crippen molar-refractivity contribution in [2.45, 2.75) is 238 Å². The van der Waals surface area contributed by atoms with Gasteiger partial charge in [-0.25, -0.2) is 0 Å². The standard InChI is InChI=1S/C57H103N2O7P/c1-7-10-13-16-19-22-25-28-29-32-35-38-41-44-47-50-57(61)66-55(48-45-42-39-36-33-30-26-23-20-17-14-11-8-2)54(53-65-67(62,63)64-52-51-59(4,5)6)58-56(60)49-46-43-40-37-34-31-27-24-21-18-15-12-9-3/h12,15,18-19,21-22,24-25,27-28,45,48,54-55H,7-11,13-14,16-17,20,23,26,29-44,46-47,49-53H2,1-6H3,(H-,58,60,62,63)/b15-12+,21-18+,22-19+,27-24-,28-25+,48-45+. The highest BCUT2D eigenvalue weighted by molar-refractivity contribution is 7.45. The quantitative estimate of drug-likeness (QED) is 0.0161. The average Bonchev–Trinajstić information content (AvgIpc) is 3.28. The average molecular weight is 959 g/mol. The van der Waals surface area contributed by atoms with Crippen LogP contribution in [0, 0.1) is 0 Å². The van der Waals surface area contributed by atoms with Crippen molar-refractivity contribution in [3.8, 4) is 0 Å². The van der Waals surface area contributed by atoms with Gasteiger partial charge in [-0.15, -0.1) is 0 Å². The lowest BCUT2D eigenvalue weighted by Crippen LogP contribution is -2.47. The van der Waals surface area contributed by atoms with Crippen molar-refractivity contribution < 1.29 is 37.3 Å². The van der Waals surface area contributed by atoms with Gasteiger partial charge in [0.1, 0.15) is 19.3 Å². The Balaban J connectivity index is 5.47. The normalized spacial score (nSPS) is 14.4. The fourth-order valence-electron chi connectivity index (χ4n) is 7.45. The number of quaternary nitrogens is 1. The minimum absolute atomic E-state index is 0.0313. The fourth-order valence-corrected chi connectivity index (χ4v) is 8.18. The zero-order chi connectivity index (χ0) is 49.4. The first kappa shape index (κ1) is 64.5. The first-order chi connectivity index (χ1) is 32.4. The molecule has 3 unspecified atom stereocenters. The van der Waals surface area contributed by atoms with Crippen LogP contribution in [-0.2, 0) is 27.9 Å². The summed E-state index contributed by atoms with van der Waals surface area (Å²) in [5.41, 5.74) is 0. The lowest BCUT2D eigenvalue weighted by molar-refractivity contribution is -0.870. The number of likely N-dealkylation sites (N-methyl/N-ethyl adjacent to an activating group) is 1. The molecule has 0 saturated heterocycles. The van der Waals surface area contributed by atoms with E-state index >= 15 is 0 Å². The maximum atomic E-state index is 13.4. The number of phosphoric ester groups is 1. The van der Waals surface area contributed by atoms with E-state index in [0.29, 0.717) is 23.9 Å². The van der Waals surface area contributed by atoms with Crippen LogP contribution in [0.15, 0.2) is 72.9 Å². The Labute approximate surface area is 413 Å². The van der Waals surface area contributed by atoms with Gasteiger partial charge in [0.2, 0.25) is 5.91 Å². The zero-order valence-corrected chi connectivity index (χ0v) is 45.0. The summed E-state index contributed by atoms with van der Waals surface area (Å²) in [6.45, 7) is 6.64. The molecule has 0 spiro atoms. The van der Waals surface area contributed by atoms with Crippen LogP contribution in [0.4, 0.5) is 0 Å². The van der Waals surface area contributed by atoms with E-state index in [9.17, 15) is 19.0 Å². The molecule has 0 radical (unpaired) electrons. The SMILES string of the molecule is CC/C=C/C=C/C=C\CCCCCCCC(=O)NC(COP(=O)([O-])OCC[N+](C)(C)C)C(/C=C/CCCCCCCCCCCCC)OC(=O)CCCCCCCC/C=C/C=C/CCCCC. The molecule has 0 bridgehead atoms. The van der Waals surface area contributed by atoms with Crippen LogP contribution in [0.5, 0.6) is 0 Å². The predicted octanol–water partition coefficient (Wildman–Crippen LogP) is 15.5. The van der Waals surface area contributed by atoms with Gasteiger partial charge in [-0.05, 0) is 76.7 Å². The summed E-state index contributed by atoms with van der Waals surface area (Å²) >= 11 is 0. The van der Waals surface area contributed by atoms with Crippen molar-refractivity contribution >= 4 is 19.7 Å². The highest BCUT2D eigenvalue weighted by atomic mass is 31.2. The fraction of sp³-hybridized carbons (Fsp3) is 0.754. The first-order valence-electron chi connectivity index (χ1n) is 27.3. The molecule has 0 aromatic carbocycles. The third-order valence-corrected chi connectivity index (χ3v) is 12.7. The van der Waals surface area contributed by atoms with Gasteiger partial charge in [0.05, 0.1) is 33.8 Å². The number of esters is 1. The maximum Gasteiger partial charge on any atom is 0.306 e. The smallest absolute Gasteiger partial charge is 0.306 e. The molecule has 9 nitrogen and oxygen atoms in total. The van der Waals surface area contributed by atoms with Crippen molar-refractivity contribution in [2.75, 3.05) is 40.9 Å². The third-order valence-electron chi connectivity index (χ3n) is 11.7. The monoisotopic (exact) mass is 959 g/mol. The van der Waals surface area contributed by atoms with E-state index in [-0.39, 0.29) is 31.3 Å². The van der Waals surface area contributed by atoms with Crippen LogP contribution in [0.2, 0.25) is 0 Å². The number of nitrogens with zero attached hydrogens (tertiary/aromatic N) is 1. The van der Waals surface area contributed by atoms with Crippen molar-refractivity contribution in [1.29, 1.82) is 0 Å². The summed E-state index contributed by atoms with van der Waals surface area (Å²) in [7, 11) is 1.15. The minimum Gasteiger partial charge on any atom is -0.756 e. The number of nitrogens with one attached hydrogen (secondary N) is 1. The van der Waals surface area contributed by atoms with Gasteiger partial charge < -0.3 is 28.5 Å².